The third-order valence-electron chi connectivity index (χ3n) is 5.70. The van der Waals surface area contributed by atoms with Crippen molar-refractivity contribution in [1.29, 1.82) is 0 Å². The average molecular weight is 536 g/mol. The van der Waals surface area contributed by atoms with Crippen LogP contribution in [0.2, 0.25) is 0 Å². The van der Waals surface area contributed by atoms with Gasteiger partial charge in [-0.05, 0) is 43.7 Å². The molecule has 3 heterocycles. The monoisotopic (exact) mass is 535 g/mol. The summed E-state index contributed by atoms with van der Waals surface area (Å²) in [7, 11) is 1.24. The number of rotatable bonds is 9. The predicted octanol–water partition coefficient (Wildman–Crippen LogP) is 4.22. The smallest absolute Gasteiger partial charge is 0.350 e. The molecule has 1 aromatic carbocycles. The number of carbonyl (C=O) groups excluding carboxylic acids is 3. The summed E-state index contributed by atoms with van der Waals surface area (Å²) in [6.07, 6.45) is 4.52. The van der Waals surface area contributed by atoms with E-state index in [2.05, 4.69) is 16.5 Å². The summed E-state index contributed by atoms with van der Waals surface area (Å²) in [5.41, 5.74) is 0.969. The number of hydrogen-bond donors (Lipinski definition) is 1. The minimum absolute atomic E-state index is 0.105. The number of thiazole rings is 1. The lowest BCUT2D eigenvalue weighted by Gasteiger charge is -2.24. The van der Waals surface area contributed by atoms with Gasteiger partial charge in [0.1, 0.15) is 17.2 Å². The molecule has 1 fully saturated rings. The number of aliphatic hydroxyl groups is 1. The number of aryl methyl sites for hydroxylation is 1. The Labute approximate surface area is 222 Å². The molecular formula is C27H25N3O7S. The first kappa shape index (κ1) is 26.6. The van der Waals surface area contributed by atoms with E-state index in [1.807, 2.05) is 6.92 Å². The highest BCUT2D eigenvalue weighted by Gasteiger charge is 2.48. The molecule has 1 aliphatic heterocycles. The highest BCUT2D eigenvalue weighted by atomic mass is 32.1. The SMILES string of the molecule is C=CCOc1ccc(C2/C(=C(\O)c3ccncc3)C(=O)C(=O)N2c2nc(C)c(C(=O)OC)s2)cc1OCC. The minimum Gasteiger partial charge on any atom is -0.507 e. The molecule has 38 heavy (non-hydrogen) atoms. The zero-order chi connectivity index (χ0) is 27.4. The van der Waals surface area contributed by atoms with Gasteiger partial charge in [-0.2, -0.15) is 0 Å². The first-order valence-electron chi connectivity index (χ1n) is 11.6. The molecule has 1 unspecified atom stereocenters. The third-order valence-corrected chi connectivity index (χ3v) is 6.84. The van der Waals surface area contributed by atoms with E-state index < -0.39 is 23.7 Å². The van der Waals surface area contributed by atoms with E-state index in [9.17, 15) is 19.5 Å². The molecule has 196 valence electrons. The van der Waals surface area contributed by atoms with E-state index in [0.717, 1.165) is 11.3 Å². The number of anilines is 1. The number of Topliss-reactive ketones (excluding diaryl/α,β-unsaturated/α-hetero) is 1. The number of hydrogen-bond acceptors (Lipinski definition) is 10. The maximum Gasteiger partial charge on any atom is 0.350 e. The van der Waals surface area contributed by atoms with Crippen LogP contribution in [0.4, 0.5) is 5.13 Å². The number of ketones is 1. The number of aromatic nitrogens is 2. The molecule has 4 rings (SSSR count). The van der Waals surface area contributed by atoms with Crippen molar-refractivity contribution in [2.75, 3.05) is 25.2 Å². The van der Waals surface area contributed by atoms with Gasteiger partial charge in [0, 0.05) is 18.0 Å². The lowest BCUT2D eigenvalue weighted by atomic mass is 9.95. The van der Waals surface area contributed by atoms with Crippen LogP contribution in [-0.4, -0.2) is 53.1 Å². The minimum atomic E-state index is -1.08. The first-order valence-corrected chi connectivity index (χ1v) is 12.4. The number of pyridine rings is 1. The van der Waals surface area contributed by atoms with Crippen LogP contribution in [0.1, 0.15) is 39.5 Å². The van der Waals surface area contributed by atoms with E-state index in [1.165, 1.54) is 36.5 Å². The largest absolute Gasteiger partial charge is 0.507 e. The Morgan fingerprint density at radius 1 is 1.18 bits per heavy atom. The zero-order valence-corrected chi connectivity index (χ0v) is 21.8. The van der Waals surface area contributed by atoms with Gasteiger partial charge in [-0.25, -0.2) is 9.78 Å². The summed E-state index contributed by atoms with van der Waals surface area (Å²) in [5.74, 6) is -1.96. The number of methoxy groups -OCH3 is 1. The Morgan fingerprint density at radius 3 is 2.58 bits per heavy atom. The fraction of sp³-hybridized carbons (Fsp3) is 0.222. The molecule has 1 saturated heterocycles. The molecule has 10 nitrogen and oxygen atoms in total. The lowest BCUT2D eigenvalue weighted by Crippen LogP contribution is -2.29. The Morgan fingerprint density at radius 2 is 1.92 bits per heavy atom. The van der Waals surface area contributed by atoms with Crippen molar-refractivity contribution in [1.82, 2.24) is 9.97 Å². The standard InChI is InChI=1S/C27H25N3O7S/c1-5-13-37-18-8-7-17(14-19(18)36-6-2)21-20(22(31)16-9-11-28-12-10-16)23(32)25(33)30(21)27-29-15(3)24(38-27)26(34)35-4/h5,7-12,14,21,31H,1,6,13H2,2-4H3/b22-20+. The van der Waals surface area contributed by atoms with E-state index in [0.29, 0.717) is 34.9 Å². The molecule has 2 aromatic heterocycles. The van der Waals surface area contributed by atoms with Crippen LogP contribution < -0.4 is 14.4 Å². The van der Waals surface area contributed by atoms with Crippen molar-refractivity contribution in [3.63, 3.8) is 0 Å². The number of ether oxygens (including phenoxy) is 3. The molecule has 0 bridgehead atoms. The van der Waals surface area contributed by atoms with Crippen molar-refractivity contribution in [3.05, 3.63) is 82.7 Å². The molecular weight excluding hydrogens is 510 g/mol. The topological polar surface area (TPSA) is 128 Å². The van der Waals surface area contributed by atoms with Crippen LogP contribution in [0.5, 0.6) is 11.5 Å². The molecule has 11 heteroatoms. The van der Waals surface area contributed by atoms with Crippen LogP contribution in [0.15, 0.2) is 61.0 Å². The maximum absolute atomic E-state index is 13.4. The highest BCUT2D eigenvalue weighted by Crippen LogP contribution is 2.45. The maximum atomic E-state index is 13.4. The summed E-state index contributed by atoms with van der Waals surface area (Å²) in [6, 6.07) is 6.95. The van der Waals surface area contributed by atoms with Gasteiger partial charge >= 0.3 is 11.9 Å². The van der Waals surface area contributed by atoms with Crippen molar-refractivity contribution in [2.24, 2.45) is 0 Å². The fourth-order valence-corrected chi connectivity index (χ4v) is 5.02. The number of carbonyl (C=O) groups is 3. The van der Waals surface area contributed by atoms with Crippen molar-refractivity contribution < 1.29 is 33.7 Å². The zero-order valence-electron chi connectivity index (χ0n) is 21.0. The van der Waals surface area contributed by atoms with Crippen LogP contribution in [0.3, 0.4) is 0 Å². The Balaban J connectivity index is 1.94. The Bertz CT molecular complexity index is 1430. The molecule has 0 spiro atoms. The normalized spacial score (nSPS) is 16.4. The Hall–Kier alpha value is -4.51. The van der Waals surface area contributed by atoms with Crippen molar-refractivity contribution in [2.45, 2.75) is 19.9 Å². The predicted molar refractivity (Wildman–Crippen MR) is 141 cm³/mol. The lowest BCUT2D eigenvalue weighted by molar-refractivity contribution is -0.132. The van der Waals surface area contributed by atoms with E-state index in [-0.39, 0.29) is 27.9 Å². The van der Waals surface area contributed by atoms with Crippen LogP contribution >= 0.6 is 11.3 Å². The number of amides is 1. The quantitative estimate of drug-likeness (QED) is 0.141. The molecule has 0 saturated carbocycles. The molecule has 0 radical (unpaired) electrons. The summed E-state index contributed by atoms with van der Waals surface area (Å²) in [5, 5.41) is 11.3. The second kappa shape index (κ2) is 11.3. The molecule has 1 amide bonds. The van der Waals surface area contributed by atoms with Gasteiger partial charge in [0.15, 0.2) is 16.6 Å². The van der Waals surface area contributed by atoms with Gasteiger partial charge in [0.2, 0.25) is 0 Å². The van der Waals surface area contributed by atoms with Gasteiger partial charge in [-0.1, -0.05) is 30.1 Å². The van der Waals surface area contributed by atoms with Crippen LogP contribution in [0, 0.1) is 6.92 Å². The third kappa shape index (κ3) is 4.88. The number of benzene rings is 1. The van der Waals surface area contributed by atoms with Crippen molar-refractivity contribution >= 4 is 39.9 Å². The van der Waals surface area contributed by atoms with Gasteiger partial charge in [-0.15, -0.1) is 0 Å². The Kier molecular flexibility index (Phi) is 7.87. The molecule has 3 aromatic rings. The van der Waals surface area contributed by atoms with Gasteiger partial charge in [0.05, 0.1) is 31.0 Å². The summed E-state index contributed by atoms with van der Waals surface area (Å²) < 4.78 is 16.3. The first-order chi connectivity index (χ1) is 18.3. The van der Waals surface area contributed by atoms with E-state index in [1.54, 1.807) is 31.2 Å². The van der Waals surface area contributed by atoms with Crippen LogP contribution in [-0.2, 0) is 14.3 Å². The molecule has 1 aliphatic rings. The van der Waals surface area contributed by atoms with Gasteiger partial charge in [0.25, 0.3) is 5.78 Å². The number of aliphatic hydroxyl groups excluding tert-OH is 1. The number of nitrogens with zero attached hydrogens (tertiary/aromatic N) is 3. The van der Waals surface area contributed by atoms with Gasteiger partial charge in [-0.3, -0.25) is 19.5 Å². The summed E-state index contributed by atoms with van der Waals surface area (Å²) in [6.45, 7) is 7.65. The second-order valence-electron chi connectivity index (χ2n) is 8.05. The average Bonchev–Trinajstić information content (AvgIpc) is 3.44. The fourth-order valence-electron chi connectivity index (χ4n) is 4.01. The summed E-state index contributed by atoms with van der Waals surface area (Å²) in [4.78, 5) is 48.8. The number of esters is 1. The van der Waals surface area contributed by atoms with E-state index >= 15 is 0 Å². The molecule has 1 N–H and O–H groups in total. The molecule has 0 aliphatic carbocycles. The van der Waals surface area contributed by atoms with Gasteiger partial charge < -0.3 is 19.3 Å². The second-order valence-corrected chi connectivity index (χ2v) is 9.02. The highest BCUT2D eigenvalue weighted by molar-refractivity contribution is 7.17. The van der Waals surface area contributed by atoms with Crippen LogP contribution in [0.25, 0.3) is 5.76 Å². The van der Waals surface area contributed by atoms with E-state index in [4.69, 9.17) is 14.2 Å². The van der Waals surface area contributed by atoms with Crippen molar-refractivity contribution in [3.8, 4) is 11.5 Å². The molecule has 1 atom stereocenters. The summed E-state index contributed by atoms with van der Waals surface area (Å²) >= 11 is 0.918.